The van der Waals surface area contributed by atoms with Gasteiger partial charge in [0.25, 0.3) is 17.9 Å². The van der Waals surface area contributed by atoms with Crippen molar-refractivity contribution in [1.29, 1.82) is 0 Å². The van der Waals surface area contributed by atoms with Gasteiger partial charge in [-0.2, -0.15) is 32.1 Å². The summed E-state index contributed by atoms with van der Waals surface area (Å²) in [6, 6.07) is 6.53. The highest BCUT2D eigenvalue weighted by atomic mass is 35.5. The van der Waals surface area contributed by atoms with E-state index in [1.165, 1.54) is 19.2 Å². The molecular weight excluding hydrogens is 873 g/mol. The van der Waals surface area contributed by atoms with Crippen LogP contribution < -0.4 is 15.6 Å². The fraction of sp³-hybridized carbons (Fsp3) is 0.297. The molecule has 0 bridgehead atoms. The van der Waals surface area contributed by atoms with Crippen LogP contribution in [0.2, 0.25) is 5.02 Å². The molecule has 13 nitrogen and oxygen atoms in total. The predicted octanol–water partition coefficient (Wildman–Crippen LogP) is 6.95. The summed E-state index contributed by atoms with van der Waals surface area (Å²) in [6.45, 7) is -1.11. The number of nitrogens with zero attached hydrogens (tertiary/aromatic N) is 7. The van der Waals surface area contributed by atoms with E-state index in [4.69, 9.17) is 11.6 Å². The van der Waals surface area contributed by atoms with Crippen molar-refractivity contribution in [3.8, 4) is 17.1 Å². The third kappa shape index (κ3) is 7.68. The number of hydrogen-bond acceptors (Lipinski definition) is 8. The zero-order chi connectivity index (χ0) is 44.1. The molecule has 320 valence electrons. The number of sulfonamides is 1. The van der Waals surface area contributed by atoms with Gasteiger partial charge in [-0.1, -0.05) is 17.7 Å². The Hall–Kier alpha value is -5.97. The monoisotopic (exact) mass is 899 g/mol. The number of carbonyl (C=O) groups is 1. The number of amides is 1. The van der Waals surface area contributed by atoms with Crippen molar-refractivity contribution in [3.63, 3.8) is 0 Å². The molecule has 1 saturated carbocycles. The van der Waals surface area contributed by atoms with E-state index in [9.17, 15) is 48.7 Å². The molecule has 2 aliphatic carbocycles. The number of anilines is 1. The lowest BCUT2D eigenvalue weighted by molar-refractivity contribution is -0.141. The smallest absolute Gasteiger partial charge is 0.344 e. The van der Waals surface area contributed by atoms with E-state index in [0.717, 1.165) is 45.8 Å². The van der Waals surface area contributed by atoms with Crippen molar-refractivity contribution >= 4 is 44.3 Å². The maximum atomic E-state index is 15.4. The van der Waals surface area contributed by atoms with Gasteiger partial charge in [-0.25, -0.2) is 35.9 Å². The molecule has 4 aromatic heterocycles. The third-order valence-electron chi connectivity index (χ3n) is 10.2. The lowest BCUT2D eigenvalue weighted by Gasteiger charge is -2.24. The molecule has 2 aliphatic rings. The summed E-state index contributed by atoms with van der Waals surface area (Å²) in [4.78, 5) is 36.5. The number of benzene rings is 2. The molecular formula is C37H27ClF9N9O4S. The quantitative estimate of drug-likeness (QED) is 0.132. The van der Waals surface area contributed by atoms with Crippen molar-refractivity contribution in [2.45, 2.75) is 49.9 Å². The van der Waals surface area contributed by atoms with Crippen LogP contribution in [0.15, 0.2) is 59.4 Å². The summed E-state index contributed by atoms with van der Waals surface area (Å²) in [5.74, 6) is -10.00. The van der Waals surface area contributed by atoms with Gasteiger partial charge in [0.15, 0.2) is 5.82 Å². The third-order valence-corrected chi connectivity index (χ3v) is 11.0. The second kappa shape index (κ2) is 14.6. The standard InChI is InChI=1S/C37H27ClF9N9O4S/c1-54-31-24(7-6-20(38)29(31)34(52-54)53-61(2,59)60)56-27(58)13-22(21-4-3-5-25(48-21)37(45,46)47)50-35(56)23(10-15-8-16(39)11-17(40)9-15)49-26(57)14-55-32-28(30(51-55)33(41)42)18-12-19(18)36(32,43)44/h3-9,11,13,18-19,23,33H,10,12,14H2,1-2H3,(H,49,57)(H,52,53)/t18?,19?,23-/m0/s1. The molecule has 1 amide bonds. The minimum atomic E-state index is -4.95. The lowest BCUT2D eigenvalue weighted by atomic mass is 10.0. The molecule has 3 atom stereocenters. The Morgan fingerprint density at radius 1 is 1.02 bits per heavy atom. The highest BCUT2D eigenvalue weighted by molar-refractivity contribution is 7.92. The normalized spacial score (nSPS) is 17.4. The summed E-state index contributed by atoms with van der Waals surface area (Å²) in [5, 5.41) is 10.2. The average Bonchev–Trinajstić information content (AvgIpc) is 3.69. The highest BCUT2D eigenvalue weighted by Crippen LogP contribution is 2.68. The largest absolute Gasteiger partial charge is 0.433 e. The molecule has 0 radical (unpaired) electrons. The van der Waals surface area contributed by atoms with Crippen LogP contribution in [0.1, 0.15) is 58.8 Å². The lowest BCUT2D eigenvalue weighted by Crippen LogP contribution is -2.38. The van der Waals surface area contributed by atoms with Gasteiger partial charge >= 0.3 is 6.18 Å². The second-order valence-electron chi connectivity index (χ2n) is 14.5. The van der Waals surface area contributed by atoms with Crippen LogP contribution in [0.4, 0.5) is 45.3 Å². The first-order valence-corrected chi connectivity index (χ1v) is 20.1. The van der Waals surface area contributed by atoms with Crippen LogP contribution >= 0.6 is 11.6 Å². The van der Waals surface area contributed by atoms with Crippen LogP contribution in [-0.4, -0.2) is 54.7 Å². The summed E-state index contributed by atoms with van der Waals surface area (Å²) in [6.07, 6.45) is -8.10. The molecule has 2 N–H and O–H groups in total. The van der Waals surface area contributed by atoms with Gasteiger partial charge in [0.05, 0.1) is 45.3 Å². The predicted molar refractivity (Wildman–Crippen MR) is 199 cm³/mol. The fourth-order valence-corrected chi connectivity index (χ4v) is 8.49. The minimum absolute atomic E-state index is 0.0388. The van der Waals surface area contributed by atoms with Crippen LogP contribution in [0.5, 0.6) is 0 Å². The van der Waals surface area contributed by atoms with Gasteiger partial charge in [-0.3, -0.25) is 28.2 Å². The van der Waals surface area contributed by atoms with Gasteiger partial charge in [0.1, 0.15) is 41.1 Å². The SMILES string of the molecule is Cn1nc(NS(C)(=O)=O)c2c(Cl)ccc(-n3c([C@H](Cc4cc(F)cc(F)c4)NC(=O)Cn4nc(C(F)F)c5c4C(F)(F)C4CC54)nc(-c4cccc(C(F)(F)F)n4)cc3=O)c21. The zero-order valence-corrected chi connectivity index (χ0v) is 32.7. The molecule has 0 spiro atoms. The van der Waals surface area contributed by atoms with E-state index in [-0.39, 0.29) is 45.0 Å². The number of rotatable bonds is 11. The summed E-state index contributed by atoms with van der Waals surface area (Å²) < 4.78 is 159. The first-order chi connectivity index (χ1) is 28.5. The van der Waals surface area contributed by atoms with Crippen LogP contribution in [-0.2, 0) is 46.9 Å². The first kappa shape index (κ1) is 41.8. The average molecular weight is 900 g/mol. The van der Waals surface area contributed by atoms with Gasteiger partial charge in [0, 0.05) is 37.1 Å². The molecule has 2 aromatic carbocycles. The number of hydrogen-bond donors (Lipinski definition) is 2. The summed E-state index contributed by atoms with van der Waals surface area (Å²) >= 11 is 6.51. The fourth-order valence-electron chi connectivity index (χ4n) is 7.75. The van der Waals surface area contributed by atoms with E-state index >= 15 is 8.78 Å². The minimum Gasteiger partial charge on any atom is -0.344 e. The Kier molecular flexibility index (Phi) is 9.99. The Morgan fingerprint density at radius 2 is 1.72 bits per heavy atom. The zero-order valence-electron chi connectivity index (χ0n) is 31.1. The van der Waals surface area contributed by atoms with E-state index < -0.39 is 117 Å². The first-order valence-electron chi connectivity index (χ1n) is 17.8. The number of nitrogens with one attached hydrogen (secondary N) is 2. The van der Waals surface area contributed by atoms with Gasteiger partial charge < -0.3 is 5.32 Å². The Morgan fingerprint density at radius 3 is 2.38 bits per heavy atom. The topological polar surface area (TPSA) is 159 Å². The second-order valence-corrected chi connectivity index (χ2v) is 16.7. The van der Waals surface area contributed by atoms with E-state index in [2.05, 4.69) is 30.2 Å². The molecule has 0 saturated heterocycles. The maximum Gasteiger partial charge on any atom is 0.433 e. The van der Waals surface area contributed by atoms with Gasteiger partial charge in [-0.15, -0.1) is 0 Å². The van der Waals surface area contributed by atoms with Crippen molar-refractivity contribution < 1.29 is 52.7 Å². The van der Waals surface area contributed by atoms with Gasteiger partial charge in [-0.05, 0) is 54.3 Å². The number of alkyl halides is 7. The summed E-state index contributed by atoms with van der Waals surface area (Å²) in [7, 11) is -2.64. The molecule has 6 aromatic rings. The molecule has 8 rings (SSSR count). The van der Waals surface area contributed by atoms with Crippen LogP contribution in [0, 0.1) is 17.6 Å². The van der Waals surface area contributed by atoms with Crippen LogP contribution in [0.25, 0.3) is 28.0 Å². The number of carbonyl (C=O) groups excluding carboxylic acids is 1. The number of fused-ring (bicyclic) bond motifs is 4. The van der Waals surface area contributed by atoms with E-state index in [1.54, 1.807) is 0 Å². The number of halogens is 10. The molecule has 0 aliphatic heterocycles. The van der Waals surface area contributed by atoms with Crippen molar-refractivity contribution in [2.24, 2.45) is 13.0 Å². The Balaban J connectivity index is 1.34. The van der Waals surface area contributed by atoms with Crippen molar-refractivity contribution in [2.75, 3.05) is 11.0 Å². The van der Waals surface area contributed by atoms with Gasteiger partial charge in [0.2, 0.25) is 15.9 Å². The Labute approximate surface area is 342 Å². The number of pyridine rings is 1. The van der Waals surface area contributed by atoms with E-state index in [1.807, 2.05) is 0 Å². The van der Waals surface area contributed by atoms with Crippen molar-refractivity contribution in [3.05, 3.63) is 116 Å². The Bertz CT molecular complexity index is 2950. The molecule has 61 heavy (non-hydrogen) atoms. The summed E-state index contributed by atoms with van der Waals surface area (Å²) in [5.41, 5.74) is -5.97. The van der Waals surface area contributed by atoms with E-state index in [0.29, 0.717) is 16.8 Å². The van der Waals surface area contributed by atoms with Crippen LogP contribution in [0.3, 0.4) is 0 Å². The molecule has 4 heterocycles. The molecule has 2 unspecified atom stereocenters. The number of aryl methyl sites for hydroxylation is 1. The molecule has 24 heteroatoms. The maximum absolute atomic E-state index is 15.4. The number of aromatic nitrogens is 7. The highest BCUT2D eigenvalue weighted by Gasteiger charge is 2.67. The van der Waals surface area contributed by atoms with Crippen molar-refractivity contribution in [1.82, 2.24) is 39.4 Å². The molecule has 1 fully saturated rings.